The Hall–Kier alpha value is -2.88. The summed E-state index contributed by atoms with van der Waals surface area (Å²) in [6.45, 7) is 1.25. The van der Waals surface area contributed by atoms with E-state index in [0.29, 0.717) is 40.3 Å². The largest absolute Gasteiger partial charge is 0.467 e. The molecule has 0 unspecified atom stereocenters. The quantitative estimate of drug-likeness (QED) is 0.515. The number of carbonyl (C=O) groups excluding carboxylic acids is 2. The molecular weight excluding hydrogens is 428 g/mol. The first-order chi connectivity index (χ1) is 14.5. The molecule has 2 heterocycles. The average molecular weight is 449 g/mol. The van der Waals surface area contributed by atoms with Crippen LogP contribution in [-0.4, -0.2) is 42.1 Å². The summed E-state index contributed by atoms with van der Waals surface area (Å²) >= 11 is 7.29. The molecule has 0 fully saturated rings. The number of thiazole rings is 1. The minimum atomic E-state index is -0.312. The Labute approximate surface area is 182 Å². The first-order valence-electron chi connectivity index (χ1n) is 9.10. The summed E-state index contributed by atoms with van der Waals surface area (Å²) in [6, 6.07) is 10.1. The molecular formula is C20H21ClN4O4S. The van der Waals surface area contributed by atoms with Crippen molar-refractivity contribution in [3.05, 3.63) is 69.5 Å². The van der Waals surface area contributed by atoms with E-state index >= 15 is 0 Å². The third-order valence-corrected chi connectivity index (χ3v) is 5.11. The van der Waals surface area contributed by atoms with Gasteiger partial charge < -0.3 is 24.7 Å². The van der Waals surface area contributed by atoms with Gasteiger partial charge in [-0.15, -0.1) is 11.3 Å². The van der Waals surface area contributed by atoms with Crippen molar-refractivity contribution >= 4 is 40.6 Å². The summed E-state index contributed by atoms with van der Waals surface area (Å²) in [7, 11) is 1.57. The fraction of sp³-hybridized carbons (Fsp3) is 0.250. The Morgan fingerprint density at radius 1 is 1.30 bits per heavy atom. The number of methoxy groups -OCH3 is 1. The molecule has 0 atom stereocenters. The monoisotopic (exact) mass is 448 g/mol. The zero-order valence-electron chi connectivity index (χ0n) is 16.3. The Kier molecular flexibility index (Phi) is 7.83. The molecule has 10 heteroatoms. The highest BCUT2D eigenvalue weighted by molar-refractivity contribution is 7.09. The van der Waals surface area contributed by atoms with Gasteiger partial charge in [0.05, 0.1) is 26.0 Å². The highest BCUT2D eigenvalue weighted by Crippen LogP contribution is 2.17. The zero-order valence-corrected chi connectivity index (χ0v) is 17.8. The standard InChI is InChI=1S/C20H21ClN4O4S/c1-28-9-7-25(20(27)23-15-5-2-4-14(21)10-15)12-18-24-17(13-30-18)19(26)22-11-16-6-3-8-29-16/h2-6,8,10,13H,7,9,11-12H2,1H3,(H,22,26)(H,23,27). The van der Waals surface area contributed by atoms with Crippen LogP contribution in [0.15, 0.2) is 52.5 Å². The van der Waals surface area contributed by atoms with Crippen LogP contribution in [-0.2, 0) is 17.8 Å². The summed E-state index contributed by atoms with van der Waals surface area (Å²) in [4.78, 5) is 30.9. The number of nitrogens with one attached hydrogen (secondary N) is 2. The Balaban J connectivity index is 1.61. The molecule has 0 radical (unpaired) electrons. The van der Waals surface area contributed by atoms with Crippen LogP contribution < -0.4 is 10.6 Å². The summed E-state index contributed by atoms with van der Waals surface area (Å²) in [6.07, 6.45) is 1.55. The van der Waals surface area contributed by atoms with Crippen LogP contribution in [0.1, 0.15) is 21.3 Å². The van der Waals surface area contributed by atoms with Gasteiger partial charge in [0.25, 0.3) is 5.91 Å². The van der Waals surface area contributed by atoms with Crippen molar-refractivity contribution in [2.45, 2.75) is 13.1 Å². The number of halogens is 1. The van der Waals surface area contributed by atoms with Crippen molar-refractivity contribution in [2.24, 2.45) is 0 Å². The normalized spacial score (nSPS) is 10.6. The molecule has 0 saturated carbocycles. The predicted octanol–water partition coefficient (Wildman–Crippen LogP) is 4.00. The molecule has 0 aliphatic heterocycles. The van der Waals surface area contributed by atoms with E-state index in [4.69, 9.17) is 20.8 Å². The first-order valence-corrected chi connectivity index (χ1v) is 10.4. The van der Waals surface area contributed by atoms with Gasteiger partial charge in [0.15, 0.2) is 0 Å². The Morgan fingerprint density at radius 3 is 2.90 bits per heavy atom. The van der Waals surface area contributed by atoms with E-state index in [2.05, 4.69) is 15.6 Å². The van der Waals surface area contributed by atoms with Gasteiger partial charge in [0, 0.05) is 29.7 Å². The van der Waals surface area contributed by atoms with E-state index in [1.807, 2.05) is 0 Å². The number of nitrogens with zero attached hydrogens (tertiary/aromatic N) is 2. The number of anilines is 1. The molecule has 0 bridgehead atoms. The molecule has 8 nitrogen and oxygen atoms in total. The zero-order chi connectivity index (χ0) is 21.3. The lowest BCUT2D eigenvalue weighted by atomic mass is 10.3. The number of hydrogen-bond acceptors (Lipinski definition) is 6. The van der Waals surface area contributed by atoms with Gasteiger partial charge in [-0.05, 0) is 30.3 Å². The van der Waals surface area contributed by atoms with Crippen molar-refractivity contribution < 1.29 is 18.7 Å². The van der Waals surface area contributed by atoms with Crippen molar-refractivity contribution in [3.8, 4) is 0 Å². The molecule has 0 aliphatic rings. The number of ether oxygens (including phenoxy) is 1. The lowest BCUT2D eigenvalue weighted by molar-refractivity contribution is 0.0943. The van der Waals surface area contributed by atoms with Crippen LogP contribution >= 0.6 is 22.9 Å². The number of aromatic nitrogens is 1. The van der Waals surface area contributed by atoms with Crippen LogP contribution in [0, 0.1) is 0 Å². The van der Waals surface area contributed by atoms with Gasteiger partial charge >= 0.3 is 6.03 Å². The number of carbonyl (C=O) groups is 2. The fourth-order valence-corrected chi connectivity index (χ4v) is 3.52. The smallest absolute Gasteiger partial charge is 0.322 e. The summed E-state index contributed by atoms with van der Waals surface area (Å²) in [5.41, 5.74) is 0.885. The molecule has 3 aromatic rings. The maximum Gasteiger partial charge on any atom is 0.322 e. The van der Waals surface area contributed by atoms with Gasteiger partial charge in [0.2, 0.25) is 0 Å². The number of urea groups is 1. The topological polar surface area (TPSA) is 96.7 Å². The van der Waals surface area contributed by atoms with E-state index < -0.39 is 0 Å². The summed E-state index contributed by atoms with van der Waals surface area (Å²) in [5, 5.41) is 8.39. The van der Waals surface area contributed by atoms with Crippen LogP contribution in [0.2, 0.25) is 5.02 Å². The van der Waals surface area contributed by atoms with Crippen molar-refractivity contribution in [2.75, 3.05) is 25.6 Å². The molecule has 3 rings (SSSR count). The molecule has 1 aromatic carbocycles. The second kappa shape index (κ2) is 10.8. The van der Waals surface area contributed by atoms with Crippen LogP contribution in [0.25, 0.3) is 0 Å². The number of hydrogen-bond donors (Lipinski definition) is 2. The average Bonchev–Trinajstić information content (AvgIpc) is 3.41. The second-order valence-corrected chi connectivity index (χ2v) is 7.62. The van der Waals surface area contributed by atoms with Crippen LogP contribution in [0.3, 0.4) is 0 Å². The third kappa shape index (κ3) is 6.31. The highest BCUT2D eigenvalue weighted by atomic mass is 35.5. The molecule has 2 aromatic heterocycles. The molecule has 158 valence electrons. The van der Waals surface area contributed by atoms with Gasteiger partial charge in [-0.2, -0.15) is 0 Å². The van der Waals surface area contributed by atoms with Crippen molar-refractivity contribution in [1.29, 1.82) is 0 Å². The minimum absolute atomic E-state index is 0.242. The second-order valence-electron chi connectivity index (χ2n) is 6.24. The number of rotatable bonds is 9. The lowest BCUT2D eigenvalue weighted by Crippen LogP contribution is -2.36. The van der Waals surface area contributed by atoms with E-state index in [9.17, 15) is 9.59 Å². The summed E-state index contributed by atoms with van der Waals surface area (Å²) in [5.74, 6) is 0.350. The van der Waals surface area contributed by atoms with Gasteiger partial charge in [-0.25, -0.2) is 9.78 Å². The minimum Gasteiger partial charge on any atom is -0.467 e. The SMILES string of the molecule is COCCN(Cc1nc(C(=O)NCc2ccco2)cs1)C(=O)Nc1cccc(Cl)c1. The maximum atomic E-state index is 12.7. The van der Waals surface area contributed by atoms with Gasteiger partial charge in [-0.3, -0.25) is 4.79 Å². The van der Waals surface area contributed by atoms with Crippen molar-refractivity contribution in [1.82, 2.24) is 15.2 Å². The predicted molar refractivity (Wildman–Crippen MR) is 115 cm³/mol. The third-order valence-electron chi connectivity index (χ3n) is 4.04. The van der Waals surface area contributed by atoms with E-state index in [1.54, 1.807) is 60.1 Å². The summed E-state index contributed by atoms with van der Waals surface area (Å²) < 4.78 is 10.3. The number of furan rings is 1. The molecule has 3 amide bonds. The molecule has 0 aliphatic carbocycles. The van der Waals surface area contributed by atoms with E-state index in [0.717, 1.165) is 0 Å². The Morgan fingerprint density at radius 2 is 2.17 bits per heavy atom. The lowest BCUT2D eigenvalue weighted by Gasteiger charge is -2.21. The Bertz CT molecular complexity index is 977. The molecule has 0 saturated heterocycles. The van der Waals surface area contributed by atoms with Gasteiger partial charge in [-0.1, -0.05) is 17.7 Å². The maximum absolute atomic E-state index is 12.7. The van der Waals surface area contributed by atoms with E-state index in [1.165, 1.54) is 11.3 Å². The highest BCUT2D eigenvalue weighted by Gasteiger charge is 2.18. The molecule has 30 heavy (non-hydrogen) atoms. The number of amides is 3. The van der Waals surface area contributed by atoms with E-state index in [-0.39, 0.29) is 25.0 Å². The first kappa shape index (κ1) is 21.8. The molecule has 0 spiro atoms. The molecule has 2 N–H and O–H groups in total. The number of benzene rings is 1. The van der Waals surface area contributed by atoms with Crippen LogP contribution in [0.4, 0.5) is 10.5 Å². The van der Waals surface area contributed by atoms with Gasteiger partial charge in [0.1, 0.15) is 16.5 Å². The van der Waals surface area contributed by atoms with Crippen LogP contribution in [0.5, 0.6) is 0 Å². The fourth-order valence-electron chi connectivity index (χ4n) is 2.54. The van der Waals surface area contributed by atoms with Crippen molar-refractivity contribution in [3.63, 3.8) is 0 Å².